The summed E-state index contributed by atoms with van der Waals surface area (Å²) in [6.45, 7) is 1.98. The molecule has 0 unspecified atom stereocenters. The highest BCUT2D eigenvalue weighted by Crippen LogP contribution is 2.27. The van der Waals surface area contributed by atoms with E-state index in [1.54, 1.807) is 30.5 Å². The third-order valence-electron chi connectivity index (χ3n) is 3.62. The summed E-state index contributed by atoms with van der Waals surface area (Å²) in [5, 5.41) is 11.0. The molecular formula is C18H16N2O3. The number of ether oxygens (including phenoxy) is 1. The van der Waals surface area contributed by atoms with E-state index in [1.807, 2.05) is 25.1 Å². The summed E-state index contributed by atoms with van der Waals surface area (Å²) in [5.74, 6) is -0.401. The monoisotopic (exact) mass is 308 g/mol. The van der Waals surface area contributed by atoms with Gasteiger partial charge in [0.2, 0.25) is 0 Å². The molecule has 5 nitrogen and oxygen atoms in total. The zero-order valence-electron chi connectivity index (χ0n) is 12.8. The van der Waals surface area contributed by atoms with Gasteiger partial charge in [-0.2, -0.15) is 0 Å². The van der Waals surface area contributed by atoms with E-state index in [9.17, 15) is 9.90 Å². The van der Waals surface area contributed by atoms with Crippen LogP contribution in [0, 0.1) is 6.92 Å². The van der Waals surface area contributed by atoms with Gasteiger partial charge < -0.3 is 14.8 Å². The molecule has 0 aliphatic heterocycles. The number of benzene rings is 2. The number of hydrogen-bond acceptors (Lipinski definition) is 4. The molecule has 0 fully saturated rings. The molecule has 2 N–H and O–H groups in total. The third-order valence-corrected chi connectivity index (χ3v) is 3.62. The third kappa shape index (κ3) is 2.81. The van der Waals surface area contributed by atoms with Gasteiger partial charge in [0.1, 0.15) is 0 Å². The Bertz CT molecular complexity index is 910. The van der Waals surface area contributed by atoms with Gasteiger partial charge >= 0.3 is 5.97 Å². The van der Waals surface area contributed by atoms with Crippen LogP contribution in [0.3, 0.4) is 0 Å². The van der Waals surface area contributed by atoms with Gasteiger partial charge in [-0.05, 0) is 31.2 Å². The molecule has 2 aromatic carbocycles. The predicted molar refractivity (Wildman–Crippen MR) is 89.7 cm³/mol. The molecule has 0 radical (unpaired) electrons. The number of aromatic hydroxyl groups is 1. The van der Waals surface area contributed by atoms with Crippen molar-refractivity contribution in [1.29, 1.82) is 0 Å². The normalized spacial score (nSPS) is 11.2. The lowest BCUT2D eigenvalue weighted by Gasteiger charge is -2.02. The Hall–Kier alpha value is -3.08. The van der Waals surface area contributed by atoms with Crippen molar-refractivity contribution in [2.24, 2.45) is 4.99 Å². The van der Waals surface area contributed by atoms with Crippen molar-refractivity contribution in [1.82, 2.24) is 4.98 Å². The van der Waals surface area contributed by atoms with Crippen LogP contribution in [0.1, 0.15) is 21.5 Å². The first kappa shape index (κ1) is 14.8. The average Bonchev–Trinajstić information content (AvgIpc) is 2.87. The minimum Gasteiger partial charge on any atom is -0.494 e. The molecule has 0 bridgehead atoms. The fraction of sp³-hybridized carbons (Fsp3) is 0.111. The lowest BCUT2D eigenvalue weighted by Crippen LogP contribution is -2.01. The fourth-order valence-corrected chi connectivity index (χ4v) is 2.45. The molecule has 5 heteroatoms. The first-order valence-corrected chi connectivity index (χ1v) is 7.13. The second-order valence-corrected chi connectivity index (χ2v) is 5.20. The number of aryl methyl sites for hydroxylation is 1. The number of carbonyl (C=O) groups is 1. The van der Waals surface area contributed by atoms with Gasteiger partial charge in [-0.25, -0.2) is 4.79 Å². The van der Waals surface area contributed by atoms with Crippen molar-refractivity contribution >= 4 is 28.8 Å². The second kappa shape index (κ2) is 5.96. The van der Waals surface area contributed by atoms with E-state index in [2.05, 4.69) is 9.98 Å². The number of H-pyrrole nitrogens is 1. The summed E-state index contributed by atoms with van der Waals surface area (Å²) < 4.78 is 4.76. The van der Waals surface area contributed by atoms with E-state index in [1.165, 1.54) is 7.11 Å². The van der Waals surface area contributed by atoms with Crippen LogP contribution >= 0.6 is 0 Å². The van der Waals surface area contributed by atoms with Crippen LogP contribution in [-0.2, 0) is 4.74 Å². The minimum absolute atomic E-state index is 0.0462. The number of fused-ring (bicyclic) bond motifs is 1. The van der Waals surface area contributed by atoms with Gasteiger partial charge in [0, 0.05) is 17.1 Å². The number of rotatable bonds is 3. The molecule has 0 spiro atoms. The first-order valence-electron chi connectivity index (χ1n) is 7.13. The lowest BCUT2D eigenvalue weighted by molar-refractivity contribution is 0.0601. The molecule has 0 atom stereocenters. The van der Waals surface area contributed by atoms with E-state index in [4.69, 9.17) is 4.74 Å². The van der Waals surface area contributed by atoms with Crippen molar-refractivity contribution in [2.75, 3.05) is 7.11 Å². The highest BCUT2D eigenvalue weighted by atomic mass is 16.5. The Labute approximate surface area is 133 Å². The summed E-state index contributed by atoms with van der Waals surface area (Å²) in [5.41, 5.74) is 3.36. The number of esters is 1. The van der Waals surface area contributed by atoms with Crippen LogP contribution in [0.4, 0.5) is 5.69 Å². The van der Waals surface area contributed by atoms with Crippen LogP contribution in [0.15, 0.2) is 47.5 Å². The molecule has 1 heterocycles. The van der Waals surface area contributed by atoms with Crippen molar-refractivity contribution in [3.63, 3.8) is 0 Å². The molecule has 23 heavy (non-hydrogen) atoms. The van der Waals surface area contributed by atoms with Crippen molar-refractivity contribution in [3.05, 3.63) is 59.2 Å². The molecule has 3 aromatic rings. The van der Waals surface area contributed by atoms with Gasteiger partial charge in [-0.3, -0.25) is 4.99 Å². The molecule has 0 amide bonds. The maximum atomic E-state index is 11.8. The number of nitrogens with one attached hydrogen (secondary N) is 1. The fourth-order valence-electron chi connectivity index (χ4n) is 2.45. The zero-order valence-corrected chi connectivity index (χ0v) is 12.8. The highest BCUT2D eigenvalue weighted by molar-refractivity contribution is 6.04. The van der Waals surface area contributed by atoms with Crippen molar-refractivity contribution in [2.45, 2.75) is 6.92 Å². The molecular weight excluding hydrogens is 292 g/mol. The van der Waals surface area contributed by atoms with Crippen LogP contribution in [0.5, 0.6) is 5.88 Å². The molecule has 3 rings (SSSR count). The summed E-state index contributed by atoms with van der Waals surface area (Å²) in [6, 6.07) is 12.8. The van der Waals surface area contributed by atoms with Gasteiger partial charge in [-0.1, -0.05) is 23.8 Å². The minimum atomic E-state index is -0.447. The molecule has 1 aromatic heterocycles. The predicted octanol–water partition coefficient (Wildman–Crippen LogP) is 3.72. The number of para-hydroxylation sites is 1. The van der Waals surface area contributed by atoms with Crippen LogP contribution in [0.2, 0.25) is 0 Å². The molecule has 0 saturated carbocycles. The molecule has 116 valence electrons. The summed E-state index contributed by atoms with van der Waals surface area (Å²) >= 11 is 0. The topological polar surface area (TPSA) is 74.7 Å². The van der Waals surface area contributed by atoms with Gasteiger partial charge in [-0.15, -0.1) is 0 Å². The molecule has 0 aliphatic rings. The van der Waals surface area contributed by atoms with Crippen molar-refractivity contribution < 1.29 is 14.6 Å². The van der Waals surface area contributed by atoms with Crippen molar-refractivity contribution in [3.8, 4) is 5.88 Å². The van der Waals surface area contributed by atoms with E-state index in [0.717, 1.165) is 16.5 Å². The Morgan fingerprint density at radius 1 is 1.26 bits per heavy atom. The lowest BCUT2D eigenvalue weighted by atomic mass is 10.1. The quantitative estimate of drug-likeness (QED) is 0.572. The van der Waals surface area contributed by atoms with E-state index < -0.39 is 5.97 Å². The van der Waals surface area contributed by atoms with E-state index in [-0.39, 0.29) is 5.88 Å². The highest BCUT2D eigenvalue weighted by Gasteiger charge is 2.12. The van der Waals surface area contributed by atoms with E-state index in [0.29, 0.717) is 16.8 Å². The molecule has 0 aliphatic carbocycles. The second-order valence-electron chi connectivity index (χ2n) is 5.20. The SMILES string of the molecule is COC(=O)c1ccccc1N=Cc1c(O)[nH]c2ccc(C)cc12. The maximum absolute atomic E-state index is 11.8. The van der Waals surface area contributed by atoms with E-state index >= 15 is 0 Å². The van der Waals surface area contributed by atoms with Crippen LogP contribution in [0.25, 0.3) is 10.9 Å². The Kier molecular flexibility index (Phi) is 3.85. The summed E-state index contributed by atoms with van der Waals surface area (Å²) in [7, 11) is 1.33. The number of methoxy groups -OCH3 is 1. The Balaban J connectivity index is 2.06. The summed E-state index contributed by atoms with van der Waals surface area (Å²) in [4.78, 5) is 19.0. The van der Waals surface area contributed by atoms with Gasteiger partial charge in [0.25, 0.3) is 0 Å². The van der Waals surface area contributed by atoms with Gasteiger partial charge in [0.15, 0.2) is 5.88 Å². The van der Waals surface area contributed by atoms with Gasteiger partial charge in [0.05, 0.1) is 23.9 Å². The summed E-state index contributed by atoms with van der Waals surface area (Å²) in [6.07, 6.45) is 1.55. The number of carbonyl (C=O) groups excluding carboxylic acids is 1. The number of nitrogens with zero attached hydrogens (tertiary/aromatic N) is 1. The van der Waals surface area contributed by atoms with Crippen LogP contribution in [-0.4, -0.2) is 29.4 Å². The molecule has 0 saturated heterocycles. The maximum Gasteiger partial charge on any atom is 0.340 e. The largest absolute Gasteiger partial charge is 0.494 e. The number of aromatic nitrogens is 1. The average molecular weight is 308 g/mol. The van der Waals surface area contributed by atoms with Crippen LogP contribution < -0.4 is 0 Å². The Morgan fingerprint density at radius 2 is 2.04 bits per heavy atom. The first-order chi connectivity index (χ1) is 11.1. The number of hydrogen-bond donors (Lipinski definition) is 2. The Morgan fingerprint density at radius 3 is 2.83 bits per heavy atom. The number of aliphatic imine (C=N–C) groups is 1. The smallest absolute Gasteiger partial charge is 0.340 e. The number of aromatic amines is 1. The zero-order chi connectivity index (χ0) is 16.4. The standard InChI is InChI=1S/C18H16N2O3/c1-11-7-8-16-13(9-11)14(17(21)20-16)10-19-15-6-4-3-5-12(15)18(22)23-2/h3-10,20-21H,1-2H3.